The highest BCUT2D eigenvalue weighted by Gasteiger charge is 2.52. The van der Waals surface area contributed by atoms with Crippen molar-refractivity contribution in [1.29, 1.82) is 0 Å². The summed E-state index contributed by atoms with van der Waals surface area (Å²) < 4.78 is 84.7. The molecule has 1 aromatic carbocycles. The number of fused-ring (bicyclic) bond motifs is 2. The van der Waals surface area contributed by atoms with Crippen molar-refractivity contribution in [1.82, 2.24) is 15.6 Å². The van der Waals surface area contributed by atoms with Gasteiger partial charge in [-0.1, -0.05) is 0 Å². The molecule has 1 aromatic heterocycles. The summed E-state index contributed by atoms with van der Waals surface area (Å²) in [5.74, 6) is -0.441. The van der Waals surface area contributed by atoms with Gasteiger partial charge in [-0.2, -0.15) is 26.3 Å². The van der Waals surface area contributed by atoms with Crippen molar-refractivity contribution in [3.8, 4) is 0 Å². The van der Waals surface area contributed by atoms with E-state index in [4.69, 9.17) is 4.74 Å². The largest absolute Gasteiger partial charge is 0.416 e. The van der Waals surface area contributed by atoms with E-state index in [-0.39, 0.29) is 29.5 Å². The predicted octanol–water partition coefficient (Wildman–Crippen LogP) is 5.22. The molecule has 35 heavy (non-hydrogen) atoms. The second kappa shape index (κ2) is 9.36. The second-order valence-electron chi connectivity index (χ2n) is 9.35. The minimum Gasteiger partial charge on any atom is -0.372 e. The third-order valence-electron chi connectivity index (χ3n) is 6.64. The second-order valence-corrected chi connectivity index (χ2v) is 10.4. The average molecular weight is 522 g/mol. The number of carbonyl (C=O) groups is 1. The van der Waals surface area contributed by atoms with Crippen molar-refractivity contribution in [2.45, 2.75) is 76.3 Å². The molecule has 4 unspecified atom stereocenters. The molecule has 0 spiro atoms. The highest BCUT2D eigenvalue weighted by molar-refractivity contribution is 7.09. The molecule has 2 fully saturated rings. The molecule has 0 aliphatic carbocycles. The summed E-state index contributed by atoms with van der Waals surface area (Å²) >= 11 is 1.50. The quantitative estimate of drug-likeness (QED) is 0.512. The van der Waals surface area contributed by atoms with Crippen LogP contribution in [0.15, 0.2) is 23.6 Å². The standard InChI is InChI=1S/C23H25F6N3O2S/c1-12-31-16(11-35-12)9-30-20(33)17-8-21(2)19(4-3-18(17)32-21)34-10-13-5-14(22(24,25)26)7-15(6-13)23(27,28)29/h5-7,11,17-19,32H,3-4,8-10H2,1-2H3,(H,30,33). The molecular weight excluding hydrogens is 496 g/mol. The number of nitrogens with one attached hydrogen (secondary N) is 2. The number of aryl methyl sites for hydroxylation is 1. The zero-order chi connectivity index (χ0) is 25.6. The summed E-state index contributed by atoms with van der Waals surface area (Å²) in [5.41, 5.74) is -2.79. The van der Waals surface area contributed by atoms with Gasteiger partial charge in [0.05, 0.1) is 47.0 Å². The van der Waals surface area contributed by atoms with E-state index in [1.54, 1.807) is 0 Å². The van der Waals surface area contributed by atoms with Crippen LogP contribution in [0.25, 0.3) is 0 Å². The van der Waals surface area contributed by atoms with E-state index in [1.165, 1.54) is 11.3 Å². The Morgan fingerprint density at radius 3 is 2.40 bits per heavy atom. The topological polar surface area (TPSA) is 63.2 Å². The van der Waals surface area contributed by atoms with E-state index in [0.717, 1.165) is 10.7 Å². The average Bonchev–Trinajstić information content (AvgIpc) is 3.30. The summed E-state index contributed by atoms with van der Waals surface area (Å²) in [6, 6.07) is 1.39. The highest BCUT2D eigenvalue weighted by Crippen LogP contribution is 2.42. The fraction of sp³-hybridized carbons (Fsp3) is 0.565. The number of thiazole rings is 1. The number of aromatic nitrogens is 1. The summed E-state index contributed by atoms with van der Waals surface area (Å²) in [6.45, 7) is 3.66. The van der Waals surface area contributed by atoms with Gasteiger partial charge in [0.25, 0.3) is 0 Å². The maximum atomic E-state index is 13.1. The van der Waals surface area contributed by atoms with Gasteiger partial charge in [-0.05, 0) is 56.9 Å². The van der Waals surface area contributed by atoms with Gasteiger partial charge in [-0.25, -0.2) is 4.98 Å². The van der Waals surface area contributed by atoms with E-state index >= 15 is 0 Å². The minimum absolute atomic E-state index is 0.0811. The monoisotopic (exact) mass is 521 g/mol. The molecule has 1 amide bonds. The lowest BCUT2D eigenvalue weighted by atomic mass is 9.88. The molecule has 0 radical (unpaired) electrons. The molecule has 2 aromatic rings. The van der Waals surface area contributed by atoms with Crippen LogP contribution in [0, 0.1) is 12.8 Å². The van der Waals surface area contributed by atoms with Gasteiger partial charge in [-0.15, -0.1) is 11.3 Å². The first-order valence-corrected chi connectivity index (χ1v) is 12.0. The normalized spacial score (nSPS) is 26.7. The van der Waals surface area contributed by atoms with Crippen LogP contribution < -0.4 is 10.6 Å². The lowest BCUT2D eigenvalue weighted by Gasteiger charge is -2.39. The molecular formula is C23H25F6N3O2S. The Bertz CT molecular complexity index is 1050. The number of benzene rings is 1. The van der Waals surface area contributed by atoms with Crippen LogP contribution in [0.5, 0.6) is 0 Å². The number of alkyl halides is 6. The first-order valence-electron chi connectivity index (χ1n) is 11.1. The maximum absolute atomic E-state index is 13.1. The van der Waals surface area contributed by atoms with E-state index in [2.05, 4.69) is 15.6 Å². The molecule has 3 heterocycles. The molecule has 4 atom stereocenters. The van der Waals surface area contributed by atoms with Gasteiger partial charge in [0.2, 0.25) is 5.91 Å². The number of carbonyl (C=O) groups excluding carboxylic acids is 1. The van der Waals surface area contributed by atoms with Crippen LogP contribution in [0.2, 0.25) is 0 Å². The molecule has 2 saturated heterocycles. The lowest BCUT2D eigenvalue weighted by molar-refractivity contribution is -0.143. The zero-order valence-electron chi connectivity index (χ0n) is 19.0. The number of rotatable bonds is 6. The number of piperidine rings is 1. The van der Waals surface area contributed by atoms with E-state index < -0.39 is 41.7 Å². The van der Waals surface area contributed by atoms with Gasteiger partial charge in [0.1, 0.15) is 0 Å². The fourth-order valence-electron chi connectivity index (χ4n) is 4.97. The zero-order valence-corrected chi connectivity index (χ0v) is 19.8. The first kappa shape index (κ1) is 25.9. The smallest absolute Gasteiger partial charge is 0.372 e. The molecule has 2 aliphatic heterocycles. The van der Waals surface area contributed by atoms with Crippen LogP contribution in [-0.4, -0.2) is 28.6 Å². The Morgan fingerprint density at radius 1 is 1.17 bits per heavy atom. The maximum Gasteiger partial charge on any atom is 0.416 e. The number of amides is 1. The van der Waals surface area contributed by atoms with Crippen molar-refractivity contribution >= 4 is 17.2 Å². The van der Waals surface area contributed by atoms with Crippen molar-refractivity contribution < 1.29 is 35.9 Å². The Hall–Kier alpha value is -2.18. The minimum atomic E-state index is -4.91. The predicted molar refractivity (Wildman–Crippen MR) is 116 cm³/mol. The van der Waals surface area contributed by atoms with Crippen LogP contribution >= 0.6 is 11.3 Å². The van der Waals surface area contributed by atoms with Crippen LogP contribution in [-0.2, 0) is 35.0 Å². The number of ether oxygens (including phenoxy) is 1. The Balaban J connectivity index is 1.41. The number of hydrogen-bond acceptors (Lipinski definition) is 5. The van der Waals surface area contributed by atoms with Crippen LogP contribution in [0.4, 0.5) is 26.3 Å². The molecule has 4 rings (SSSR count). The van der Waals surface area contributed by atoms with Crippen molar-refractivity contribution in [3.63, 3.8) is 0 Å². The van der Waals surface area contributed by atoms with Crippen LogP contribution in [0.1, 0.15) is 53.6 Å². The molecule has 192 valence electrons. The van der Waals surface area contributed by atoms with Gasteiger partial charge < -0.3 is 15.4 Å². The van der Waals surface area contributed by atoms with Gasteiger partial charge in [-0.3, -0.25) is 4.79 Å². The van der Waals surface area contributed by atoms with Crippen molar-refractivity contribution in [2.75, 3.05) is 0 Å². The molecule has 2 N–H and O–H groups in total. The summed E-state index contributed by atoms with van der Waals surface area (Å²) in [6.07, 6.45) is -8.71. The highest BCUT2D eigenvalue weighted by atomic mass is 32.1. The van der Waals surface area contributed by atoms with Crippen LogP contribution in [0.3, 0.4) is 0 Å². The molecule has 5 nitrogen and oxygen atoms in total. The molecule has 0 saturated carbocycles. The number of halogens is 6. The number of hydrogen-bond donors (Lipinski definition) is 2. The van der Waals surface area contributed by atoms with Crippen molar-refractivity contribution in [2.24, 2.45) is 5.92 Å². The Morgan fingerprint density at radius 2 is 1.83 bits per heavy atom. The molecule has 2 aliphatic rings. The lowest BCUT2D eigenvalue weighted by Crippen LogP contribution is -2.55. The summed E-state index contributed by atoms with van der Waals surface area (Å²) in [5, 5.41) is 9.09. The summed E-state index contributed by atoms with van der Waals surface area (Å²) in [7, 11) is 0. The van der Waals surface area contributed by atoms with Gasteiger partial charge >= 0.3 is 12.4 Å². The van der Waals surface area contributed by atoms with Crippen molar-refractivity contribution in [3.05, 3.63) is 51.0 Å². The first-order chi connectivity index (χ1) is 16.2. The SMILES string of the molecule is Cc1nc(CNC(=O)C2CC3(C)NC2CCC3OCc2cc(C(F)(F)F)cc(C(F)(F)F)c2)cs1. The molecule has 12 heteroatoms. The molecule has 2 bridgehead atoms. The number of nitrogens with zero attached hydrogens (tertiary/aromatic N) is 1. The third-order valence-corrected chi connectivity index (χ3v) is 7.46. The van der Waals surface area contributed by atoms with E-state index in [0.29, 0.717) is 37.9 Å². The van der Waals surface area contributed by atoms with Gasteiger partial charge in [0, 0.05) is 17.0 Å². The summed E-state index contributed by atoms with van der Waals surface area (Å²) in [4.78, 5) is 17.2. The van der Waals surface area contributed by atoms with E-state index in [9.17, 15) is 31.1 Å². The van der Waals surface area contributed by atoms with E-state index in [1.807, 2.05) is 19.2 Å². The fourth-order valence-corrected chi connectivity index (χ4v) is 5.58. The Kier molecular flexibility index (Phi) is 6.93. The van der Waals surface area contributed by atoms with Gasteiger partial charge in [0.15, 0.2) is 0 Å². The third kappa shape index (κ3) is 5.80. The Labute approximate surface area is 202 Å².